The standard InChI is InChI=1S/C53H43N3S/c1-52(2)28-29-53(3,4)46-33-38(26-27-45(46)52)39-30-40(42-19-13-20-44-43-18-11-12-21-47(43)57-48(42)44)32-41(31-39)51-55-49(36-16-9-6-10-17-36)54-50(56-51)37-24-22-35(23-25-37)34-14-7-5-8-15-34/h5-27,30-33H,28-29H2,1-4H3. The molecule has 0 radical (unpaired) electrons. The number of nitrogens with zero attached hydrogens (tertiary/aromatic N) is 3. The van der Waals surface area contributed by atoms with Crippen molar-refractivity contribution in [2.45, 2.75) is 51.4 Å². The molecule has 2 heterocycles. The van der Waals surface area contributed by atoms with E-state index in [1.165, 1.54) is 54.4 Å². The Bertz CT molecular complexity index is 2940. The SMILES string of the molecule is CC1(C)CCC(C)(C)c2cc(-c3cc(-c4nc(-c5ccccc5)nc(-c5ccc(-c6ccccc6)cc5)n4)cc(-c4cccc5c4sc4ccccc45)c3)ccc21. The van der Waals surface area contributed by atoms with E-state index < -0.39 is 0 Å². The molecule has 3 nitrogen and oxygen atoms in total. The smallest absolute Gasteiger partial charge is 0.164 e. The highest BCUT2D eigenvalue weighted by atomic mass is 32.1. The Labute approximate surface area is 338 Å². The van der Waals surface area contributed by atoms with Crippen LogP contribution in [-0.4, -0.2) is 15.0 Å². The number of hydrogen-bond acceptors (Lipinski definition) is 4. The second kappa shape index (κ2) is 13.8. The van der Waals surface area contributed by atoms with Crippen LogP contribution in [0.1, 0.15) is 51.7 Å². The van der Waals surface area contributed by atoms with Crippen molar-refractivity contribution in [1.29, 1.82) is 0 Å². The third kappa shape index (κ3) is 6.44. The minimum absolute atomic E-state index is 0.0910. The number of hydrogen-bond donors (Lipinski definition) is 0. The normalized spacial score (nSPS) is 14.5. The predicted molar refractivity (Wildman–Crippen MR) is 241 cm³/mol. The molecule has 0 N–H and O–H groups in total. The molecule has 7 aromatic carbocycles. The molecule has 1 aliphatic rings. The molecule has 2 aromatic heterocycles. The van der Waals surface area contributed by atoms with Crippen LogP contribution in [0.2, 0.25) is 0 Å². The summed E-state index contributed by atoms with van der Waals surface area (Å²) < 4.78 is 2.58. The van der Waals surface area contributed by atoms with E-state index >= 15 is 0 Å². The van der Waals surface area contributed by atoms with E-state index in [9.17, 15) is 0 Å². The molecule has 0 fully saturated rings. The Morgan fingerprint density at radius 2 is 0.895 bits per heavy atom. The van der Waals surface area contributed by atoms with Crippen LogP contribution in [0.15, 0.2) is 164 Å². The summed E-state index contributed by atoms with van der Waals surface area (Å²) in [5.41, 5.74) is 13.0. The highest BCUT2D eigenvalue weighted by molar-refractivity contribution is 7.26. The van der Waals surface area contributed by atoms with E-state index in [1.807, 2.05) is 35.6 Å². The largest absolute Gasteiger partial charge is 0.208 e. The molecule has 0 bridgehead atoms. The zero-order valence-corrected chi connectivity index (χ0v) is 33.6. The molecule has 1 aliphatic carbocycles. The molecular formula is C53H43N3S. The van der Waals surface area contributed by atoms with Crippen molar-refractivity contribution in [3.63, 3.8) is 0 Å². The number of rotatable bonds is 6. The molecule has 276 valence electrons. The summed E-state index contributed by atoms with van der Waals surface area (Å²) in [4.78, 5) is 15.6. The van der Waals surface area contributed by atoms with Gasteiger partial charge in [0.05, 0.1) is 0 Å². The topological polar surface area (TPSA) is 38.7 Å². The average molecular weight is 754 g/mol. The molecule has 10 rings (SSSR count). The average Bonchev–Trinajstić information content (AvgIpc) is 3.65. The maximum atomic E-state index is 5.26. The van der Waals surface area contributed by atoms with Crippen LogP contribution >= 0.6 is 11.3 Å². The van der Waals surface area contributed by atoms with E-state index in [0.29, 0.717) is 17.5 Å². The Hall–Kier alpha value is -6.23. The van der Waals surface area contributed by atoms with Gasteiger partial charge in [0.2, 0.25) is 0 Å². The van der Waals surface area contributed by atoms with E-state index in [4.69, 9.17) is 15.0 Å². The third-order valence-electron chi connectivity index (χ3n) is 12.0. The summed E-state index contributed by atoms with van der Waals surface area (Å²) in [6.07, 6.45) is 2.35. The Kier molecular flexibility index (Phi) is 8.49. The first kappa shape index (κ1) is 35.2. The van der Waals surface area contributed by atoms with Gasteiger partial charge in [0.15, 0.2) is 17.5 Å². The first-order valence-corrected chi connectivity index (χ1v) is 20.7. The van der Waals surface area contributed by atoms with Crippen LogP contribution in [0.3, 0.4) is 0 Å². The summed E-state index contributed by atoms with van der Waals surface area (Å²) >= 11 is 1.86. The molecule has 9 aromatic rings. The number of aromatic nitrogens is 3. The van der Waals surface area contributed by atoms with Gasteiger partial charge >= 0.3 is 0 Å². The van der Waals surface area contributed by atoms with E-state index in [2.05, 4.69) is 167 Å². The third-order valence-corrected chi connectivity index (χ3v) is 13.2. The lowest BCUT2D eigenvalue weighted by Gasteiger charge is -2.42. The van der Waals surface area contributed by atoms with Gasteiger partial charge in [0.1, 0.15) is 0 Å². The van der Waals surface area contributed by atoms with Crippen LogP contribution < -0.4 is 0 Å². The number of thiophene rings is 1. The van der Waals surface area contributed by atoms with Gasteiger partial charge in [-0.1, -0.05) is 167 Å². The van der Waals surface area contributed by atoms with Gasteiger partial charge in [-0.25, -0.2) is 15.0 Å². The Balaban J connectivity index is 1.19. The molecule has 0 unspecified atom stereocenters. The second-order valence-electron chi connectivity index (χ2n) is 16.7. The van der Waals surface area contributed by atoms with Crippen molar-refractivity contribution in [2.75, 3.05) is 0 Å². The molecule has 0 amide bonds. The van der Waals surface area contributed by atoms with Crippen molar-refractivity contribution >= 4 is 31.5 Å². The maximum Gasteiger partial charge on any atom is 0.164 e. The molecule has 0 aliphatic heterocycles. The summed E-state index contributed by atoms with van der Waals surface area (Å²) in [7, 11) is 0. The van der Waals surface area contributed by atoms with E-state index in [1.54, 1.807) is 0 Å². The molecule has 0 spiro atoms. The number of fused-ring (bicyclic) bond motifs is 4. The molecule has 0 atom stereocenters. The van der Waals surface area contributed by atoms with Gasteiger partial charge in [-0.3, -0.25) is 0 Å². The molecule has 4 heteroatoms. The number of benzene rings is 7. The highest BCUT2D eigenvalue weighted by Crippen LogP contribution is 2.48. The maximum absolute atomic E-state index is 5.26. The molecule has 57 heavy (non-hydrogen) atoms. The Morgan fingerprint density at radius 1 is 0.386 bits per heavy atom. The first-order valence-electron chi connectivity index (χ1n) is 19.9. The lowest BCUT2D eigenvalue weighted by molar-refractivity contribution is 0.332. The minimum Gasteiger partial charge on any atom is -0.208 e. The fourth-order valence-corrected chi connectivity index (χ4v) is 9.85. The molecular weight excluding hydrogens is 711 g/mol. The second-order valence-corrected chi connectivity index (χ2v) is 17.8. The van der Waals surface area contributed by atoms with Crippen LogP contribution in [0.4, 0.5) is 0 Å². The Morgan fingerprint density at radius 3 is 1.61 bits per heavy atom. The van der Waals surface area contributed by atoms with Gasteiger partial charge in [-0.05, 0) is 92.4 Å². The van der Waals surface area contributed by atoms with E-state index in [-0.39, 0.29) is 10.8 Å². The van der Waals surface area contributed by atoms with Gasteiger partial charge in [0, 0.05) is 36.9 Å². The predicted octanol–water partition coefficient (Wildman–Crippen LogP) is 14.6. The summed E-state index contributed by atoms with van der Waals surface area (Å²) in [5.74, 6) is 1.95. The lowest BCUT2D eigenvalue weighted by Crippen LogP contribution is -2.33. The zero-order valence-electron chi connectivity index (χ0n) is 32.8. The van der Waals surface area contributed by atoms with Crippen LogP contribution in [0.25, 0.3) is 87.7 Å². The summed E-state index contributed by atoms with van der Waals surface area (Å²) in [5, 5.41) is 2.58. The molecule has 0 saturated carbocycles. The van der Waals surface area contributed by atoms with Gasteiger partial charge in [-0.15, -0.1) is 11.3 Å². The van der Waals surface area contributed by atoms with Crippen LogP contribution in [0.5, 0.6) is 0 Å². The minimum atomic E-state index is 0.0910. The highest BCUT2D eigenvalue weighted by Gasteiger charge is 2.37. The van der Waals surface area contributed by atoms with Crippen molar-refractivity contribution < 1.29 is 0 Å². The monoisotopic (exact) mass is 753 g/mol. The van der Waals surface area contributed by atoms with Crippen molar-refractivity contribution in [3.05, 3.63) is 175 Å². The van der Waals surface area contributed by atoms with Gasteiger partial charge < -0.3 is 0 Å². The first-order chi connectivity index (χ1) is 27.7. The zero-order chi connectivity index (χ0) is 38.7. The van der Waals surface area contributed by atoms with Crippen LogP contribution in [-0.2, 0) is 10.8 Å². The fourth-order valence-electron chi connectivity index (χ4n) is 8.61. The quantitative estimate of drug-likeness (QED) is 0.170. The van der Waals surface area contributed by atoms with E-state index in [0.717, 1.165) is 39.8 Å². The van der Waals surface area contributed by atoms with Crippen molar-refractivity contribution in [1.82, 2.24) is 15.0 Å². The fraction of sp³-hybridized carbons (Fsp3) is 0.151. The van der Waals surface area contributed by atoms with Crippen LogP contribution in [0, 0.1) is 0 Å². The summed E-state index contributed by atoms with van der Waals surface area (Å²) in [6.45, 7) is 9.59. The van der Waals surface area contributed by atoms with Crippen molar-refractivity contribution in [2.24, 2.45) is 0 Å². The van der Waals surface area contributed by atoms with Crippen molar-refractivity contribution in [3.8, 4) is 67.5 Å². The van der Waals surface area contributed by atoms with Gasteiger partial charge in [0.25, 0.3) is 0 Å². The lowest BCUT2D eigenvalue weighted by atomic mass is 9.63. The molecule has 0 saturated heterocycles. The van der Waals surface area contributed by atoms with Gasteiger partial charge in [-0.2, -0.15) is 0 Å². The summed E-state index contributed by atoms with van der Waals surface area (Å²) in [6, 6.07) is 58.8.